The van der Waals surface area contributed by atoms with E-state index in [1.54, 1.807) is 0 Å². The number of rotatable bonds is 5. The number of hydrogen-bond acceptors (Lipinski definition) is 4. The average Bonchev–Trinajstić information content (AvgIpc) is 3.00. The Morgan fingerprint density at radius 1 is 1.16 bits per heavy atom. The molecule has 5 heteroatoms. The van der Waals surface area contributed by atoms with Crippen molar-refractivity contribution in [2.24, 2.45) is 0 Å². The van der Waals surface area contributed by atoms with Gasteiger partial charge in [-0.05, 0) is 49.9 Å². The molecule has 3 aromatic rings. The van der Waals surface area contributed by atoms with Crippen molar-refractivity contribution in [3.8, 4) is 23.2 Å². The van der Waals surface area contributed by atoms with Crippen molar-refractivity contribution in [2.75, 3.05) is 6.61 Å². The number of H-pyrrole nitrogens is 1. The van der Waals surface area contributed by atoms with E-state index in [1.165, 1.54) is 0 Å². The third kappa shape index (κ3) is 2.96. The van der Waals surface area contributed by atoms with Gasteiger partial charge < -0.3 is 9.72 Å². The minimum absolute atomic E-state index is 0.405. The summed E-state index contributed by atoms with van der Waals surface area (Å²) in [6.45, 7) is 8.58. The number of pyridine rings is 2. The minimum atomic E-state index is 0.405. The predicted octanol–water partition coefficient (Wildman–Crippen LogP) is 4.33. The van der Waals surface area contributed by atoms with Gasteiger partial charge in [0.15, 0.2) is 0 Å². The summed E-state index contributed by atoms with van der Waals surface area (Å²) in [5, 5.41) is 9.49. The molecule has 0 saturated heterocycles. The van der Waals surface area contributed by atoms with E-state index in [9.17, 15) is 5.26 Å². The number of aromatic amines is 1. The molecule has 3 rings (SSSR count). The first-order chi connectivity index (χ1) is 12.1. The monoisotopic (exact) mass is 334 g/mol. The van der Waals surface area contributed by atoms with Gasteiger partial charge in [0.1, 0.15) is 11.6 Å². The van der Waals surface area contributed by atoms with Crippen molar-refractivity contribution in [1.29, 1.82) is 5.26 Å². The second-order valence-electron chi connectivity index (χ2n) is 5.95. The molecule has 0 saturated carbocycles. The van der Waals surface area contributed by atoms with E-state index in [1.807, 2.05) is 26.1 Å². The van der Waals surface area contributed by atoms with Gasteiger partial charge in [-0.15, -0.1) is 0 Å². The number of ether oxygens (including phenoxy) is 1. The van der Waals surface area contributed by atoms with E-state index in [-0.39, 0.29) is 0 Å². The molecule has 1 N–H and O–H groups in total. The SMILES string of the molecule is CCOc1nc(CC)c(-c2nc3c(C)c[nH]c3cc2CC)cc1C#N. The first-order valence-electron chi connectivity index (χ1n) is 8.67. The number of fused-ring (bicyclic) bond motifs is 1. The van der Waals surface area contributed by atoms with Crippen molar-refractivity contribution in [3.05, 3.63) is 40.7 Å². The highest BCUT2D eigenvalue weighted by molar-refractivity contribution is 5.84. The first-order valence-corrected chi connectivity index (χ1v) is 8.67. The maximum absolute atomic E-state index is 9.49. The Hall–Kier alpha value is -2.87. The third-order valence-electron chi connectivity index (χ3n) is 4.36. The Morgan fingerprint density at radius 2 is 1.96 bits per heavy atom. The maximum Gasteiger partial charge on any atom is 0.231 e. The molecule has 0 unspecified atom stereocenters. The fourth-order valence-electron chi connectivity index (χ4n) is 3.06. The summed E-state index contributed by atoms with van der Waals surface area (Å²) in [6, 6.07) is 6.21. The molecule has 5 nitrogen and oxygen atoms in total. The van der Waals surface area contributed by atoms with Crippen LogP contribution in [0.3, 0.4) is 0 Å². The van der Waals surface area contributed by atoms with Gasteiger partial charge in [-0.2, -0.15) is 5.26 Å². The highest BCUT2D eigenvalue weighted by Gasteiger charge is 2.18. The van der Waals surface area contributed by atoms with Crippen molar-refractivity contribution >= 4 is 11.0 Å². The van der Waals surface area contributed by atoms with Crippen molar-refractivity contribution in [1.82, 2.24) is 15.0 Å². The average molecular weight is 334 g/mol. The Balaban J connectivity index is 2.29. The Kier molecular flexibility index (Phi) is 4.71. The summed E-state index contributed by atoms with van der Waals surface area (Å²) in [5.41, 5.74) is 7.41. The number of hydrogen-bond donors (Lipinski definition) is 1. The van der Waals surface area contributed by atoms with E-state index in [2.05, 4.69) is 36.0 Å². The van der Waals surface area contributed by atoms with E-state index in [4.69, 9.17) is 9.72 Å². The molecular weight excluding hydrogens is 312 g/mol. The molecule has 0 fully saturated rings. The Bertz CT molecular complexity index is 966. The molecule has 3 aromatic heterocycles. The van der Waals surface area contributed by atoms with Crippen LogP contribution in [0.5, 0.6) is 5.88 Å². The lowest BCUT2D eigenvalue weighted by atomic mass is 9.99. The van der Waals surface area contributed by atoms with E-state index < -0.39 is 0 Å². The summed E-state index contributed by atoms with van der Waals surface area (Å²) in [7, 11) is 0. The lowest BCUT2D eigenvalue weighted by Crippen LogP contribution is -2.04. The summed E-state index contributed by atoms with van der Waals surface area (Å²) < 4.78 is 5.54. The lowest BCUT2D eigenvalue weighted by molar-refractivity contribution is 0.325. The fourth-order valence-corrected chi connectivity index (χ4v) is 3.06. The van der Waals surface area contributed by atoms with Crippen molar-refractivity contribution < 1.29 is 4.74 Å². The minimum Gasteiger partial charge on any atom is -0.477 e. The van der Waals surface area contributed by atoms with Crippen LogP contribution in [0.25, 0.3) is 22.3 Å². The third-order valence-corrected chi connectivity index (χ3v) is 4.36. The van der Waals surface area contributed by atoms with Gasteiger partial charge >= 0.3 is 0 Å². The van der Waals surface area contributed by atoms with Crippen LogP contribution in [0.4, 0.5) is 0 Å². The molecule has 0 atom stereocenters. The first kappa shape index (κ1) is 17.0. The van der Waals surface area contributed by atoms with Gasteiger partial charge in [-0.3, -0.25) is 0 Å². The Morgan fingerprint density at radius 3 is 2.60 bits per heavy atom. The number of nitrogens with one attached hydrogen (secondary N) is 1. The normalized spacial score (nSPS) is 10.8. The van der Waals surface area contributed by atoms with Crippen LogP contribution < -0.4 is 4.74 Å². The largest absolute Gasteiger partial charge is 0.477 e. The van der Waals surface area contributed by atoms with Gasteiger partial charge in [-0.1, -0.05) is 13.8 Å². The summed E-state index contributed by atoms with van der Waals surface area (Å²) in [4.78, 5) is 12.8. The molecule has 0 amide bonds. The Labute approximate surface area is 147 Å². The highest BCUT2D eigenvalue weighted by atomic mass is 16.5. The maximum atomic E-state index is 9.49. The number of aromatic nitrogens is 3. The summed E-state index contributed by atoms with van der Waals surface area (Å²) >= 11 is 0. The molecule has 0 aliphatic rings. The van der Waals surface area contributed by atoms with Crippen LogP contribution in [-0.4, -0.2) is 21.6 Å². The zero-order valence-electron chi connectivity index (χ0n) is 15.1. The van der Waals surface area contributed by atoms with Gasteiger partial charge in [-0.25, -0.2) is 9.97 Å². The molecule has 128 valence electrons. The van der Waals surface area contributed by atoms with Crippen molar-refractivity contribution in [3.63, 3.8) is 0 Å². The summed E-state index contributed by atoms with van der Waals surface area (Å²) in [6.07, 6.45) is 3.57. The smallest absolute Gasteiger partial charge is 0.231 e. The predicted molar refractivity (Wildman–Crippen MR) is 98.7 cm³/mol. The van der Waals surface area contributed by atoms with Crippen LogP contribution in [0.1, 0.15) is 43.2 Å². The molecule has 25 heavy (non-hydrogen) atoms. The number of nitriles is 1. The standard InChI is InChI=1S/C20H22N4O/c1-5-13-9-17-18(12(4)11-22-17)24-19(13)15-8-14(10-21)20(25-7-3)23-16(15)6-2/h8-9,11,22H,5-7H2,1-4H3. The van der Waals surface area contributed by atoms with Crippen LogP contribution >= 0.6 is 0 Å². The highest BCUT2D eigenvalue weighted by Crippen LogP contribution is 2.32. The molecule has 0 bridgehead atoms. The van der Waals surface area contributed by atoms with Crippen LogP contribution in [-0.2, 0) is 12.8 Å². The molecule has 0 spiro atoms. The molecule has 0 radical (unpaired) electrons. The van der Waals surface area contributed by atoms with Gasteiger partial charge in [0.05, 0.1) is 29.0 Å². The zero-order valence-corrected chi connectivity index (χ0v) is 15.1. The van der Waals surface area contributed by atoms with E-state index in [0.29, 0.717) is 18.1 Å². The quantitative estimate of drug-likeness (QED) is 0.753. The number of aryl methyl sites for hydroxylation is 3. The molecular formula is C20H22N4O. The van der Waals surface area contributed by atoms with Gasteiger partial charge in [0.2, 0.25) is 5.88 Å². The van der Waals surface area contributed by atoms with Crippen LogP contribution in [0.15, 0.2) is 18.3 Å². The lowest BCUT2D eigenvalue weighted by Gasteiger charge is -2.14. The van der Waals surface area contributed by atoms with Crippen molar-refractivity contribution in [2.45, 2.75) is 40.5 Å². The topological polar surface area (TPSA) is 74.6 Å². The van der Waals surface area contributed by atoms with E-state index in [0.717, 1.165) is 52.0 Å². The molecule has 0 aliphatic carbocycles. The van der Waals surface area contributed by atoms with Crippen LogP contribution in [0.2, 0.25) is 0 Å². The second-order valence-corrected chi connectivity index (χ2v) is 5.95. The van der Waals surface area contributed by atoms with Gasteiger partial charge in [0.25, 0.3) is 0 Å². The number of nitrogens with zero attached hydrogens (tertiary/aromatic N) is 3. The van der Waals surface area contributed by atoms with Crippen LogP contribution in [0, 0.1) is 18.3 Å². The molecule has 0 aromatic carbocycles. The molecule has 0 aliphatic heterocycles. The second kappa shape index (κ2) is 6.94. The molecule has 3 heterocycles. The summed E-state index contributed by atoms with van der Waals surface area (Å²) in [5.74, 6) is 0.405. The van der Waals surface area contributed by atoms with E-state index >= 15 is 0 Å². The fraction of sp³-hybridized carbons (Fsp3) is 0.350. The zero-order chi connectivity index (χ0) is 18.0. The van der Waals surface area contributed by atoms with Gasteiger partial charge in [0, 0.05) is 11.8 Å².